The first kappa shape index (κ1) is 16.4. The molecule has 1 rings (SSSR count). The van der Waals surface area contributed by atoms with Crippen LogP contribution in [0.1, 0.15) is 34.6 Å². The van der Waals surface area contributed by atoms with Crippen molar-refractivity contribution in [3.63, 3.8) is 0 Å². The van der Waals surface area contributed by atoms with Gasteiger partial charge in [0.25, 0.3) is 0 Å². The van der Waals surface area contributed by atoms with E-state index in [1.807, 2.05) is 18.2 Å². The SMILES string of the molecule is CSc1ccccc1OCC(C)(C)CNC(C)(C)C. The van der Waals surface area contributed by atoms with Gasteiger partial charge in [-0.15, -0.1) is 11.8 Å². The molecule has 0 aliphatic rings. The molecule has 1 aromatic carbocycles. The van der Waals surface area contributed by atoms with Crippen molar-refractivity contribution in [3.8, 4) is 5.75 Å². The summed E-state index contributed by atoms with van der Waals surface area (Å²) in [5.41, 5.74) is 0.257. The second-order valence-electron chi connectivity index (χ2n) is 6.71. The van der Waals surface area contributed by atoms with E-state index in [1.54, 1.807) is 11.8 Å². The molecule has 0 radical (unpaired) electrons. The first-order chi connectivity index (χ1) is 8.73. The molecule has 0 bridgehead atoms. The van der Waals surface area contributed by atoms with E-state index in [2.05, 4.69) is 52.3 Å². The molecule has 19 heavy (non-hydrogen) atoms. The van der Waals surface area contributed by atoms with Crippen LogP contribution in [-0.2, 0) is 0 Å². The fourth-order valence-electron chi connectivity index (χ4n) is 1.57. The van der Waals surface area contributed by atoms with E-state index < -0.39 is 0 Å². The number of hydrogen-bond acceptors (Lipinski definition) is 3. The van der Waals surface area contributed by atoms with Crippen LogP contribution in [0.15, 0.2) is 29.2 Å². The van der Waals surface area contributed by atoms with Crippen LogP contribution in [0.3, 0.4) is 0 Å². The maximum absolute atomic E-state index is 6.00. The highest BCUT2D eigenvalue weighted by atomic mass is 32.2. The van der Waals surface area contributed by atoms with Crippen LogP contribution in [-0.4, -0.2) is 24.9 Å². The predicted octanol–water partition coefficient (Wildman–Crippen LogP) is 4.20. The average molecular weight is 281 g/mol. The topological polar surface area (TPSA) is 21.3 Å². The summed E-state index contributed by atoms with van der Waals surface area (Å²) in [5.74, 6) is 0.985. The second kappa shape index (κ2) is 6.67. The van der Waals surface area contributed by atoms with Gasteiger partial charge in [-0.1, -0.05) is 26.0 Å². The van der Waals surface area contributed by atoms with Crippen LogP contribution in [0.5, 0.6) is 5.75 Å². The van der Waals surface area contributed by atoms with E-state index in [1.165, 1.54) is 4.90 Å². The van der Waals surface area contributed by atoms with Crippen LogP contribution in [0.25, 0.3) is 0 Å². The van der Waals surface area contributed by atoms with E-state index in [-0.39, 0.29) is 11.0 Å². The minimum Gasteiger partial charge on any atom is -0.492 e. The van der Waals surface area contributed by atoms with Gasteiger partial charge in [0.05, 0.1) is 6.61 Å². The molecular weight excluding hydrogens is 254 g/mol. The summed E-state index contributed by atoms with van der Waals surface area (Å²) in [6.07, 6.45) is 2.08. The zero-order chi connectivity index (χ0) is 14.5. The molecule has 0 fully saturated rings. The molecule has 2 nitrogen and oxygen atoms in total. The van der Waals surface area contributed by atoms with E-state index in [9.17, 15) is 0 Å². The third-order valence-corrected chi connectivity index (χ3v) is 3.56. The Hall–Kier alpha value is -0.670. The Morgan fingerprint density at radius 3 is 2.32 bits per heavy atom. The maximum atomic E-state index is 6.00. The molecule has 0 heterocycles. The fourth-order valence-corrected chi connectivity index (χ4v) is 2.11. The van der Waals surface area contributed by atoms with Crippen molar-refractivity contribution < 1.29 is 4.74 Å². The molecular formula is C16H27NOS. The fraction of sp³-hybridized carbons (Fsp3) is 0.625. The molecule has 1 aromatic rings. The molecule has 0 saturated heterocycles. The largest absolute Gasteiger partial charge is 0.492 e. The molecule has 3 heteroatoms. The Balaban J connectivity index is 2.55. The minimum absolute atomic E-state index is 0.110. The number of ether oxygens (including phenoxy) is 1. The van der Waals surface area contributed by atoms with E-state index in [0.29, 0.717) is 6.61 Å². The van der Waals surface area contributed by atoms with Crippen LogP contribution in [0.2, 0.25) is 0 Å². The van der Waals surface area contributed by atoms with Crippen molar-refractivity contribution >= 4 is 11.8 Å². The molecule has 0 aliphatic carbocycles. The van der Waals surface area contributed by atoms with Crippen molar-refractivity contribution in [2.24, 2.45) is 5.41 Å². The van der Waals surface area contributed by atoms with E-state index in [4.69, 9.17) is 4.74 Å². The summed E-state index contributed by atoms with van der Waals surface area (Å²) in [4.78, 5) is 1.20. The smallest absolute Gasteiger partial charge is 0.132 e. The maximum Gasteiger partial charge on any atom is 0.132 e. The van der Waals surface area contributed by atoms with E-state index >= 15 is 0 Å². The highest BCUT2D eigenvalue weighted by Gasteiger charge is 2.22. The van der Waals surface area contributed by atoms with Gasteiger partial charge in [-0.3, -0.25) is 0 Å². The van der Waals surface area contributed by atoms with Gasteiger partial charge in [0.1, 0.15) is 5.75 Å². The monoisotopic (exact) mass is 281 g/mol. The molecule has 0 amide bonds. The van der Waals surface area contributed by atoms with Gasteiger partial charge in [-0.2, -0.15) is 0 Å². The zero-order valence-electron chi connectivity index (χ0n) is 13.0. The molecule has 0 unspecified atom stereocenters. The number of nitrogens with one attached hydrogen (secondary N) is 1. The number of benzene rings is 1. The molecule has 1 N–H and O–H groups in total. The van der Waals surface area contributed by atoms with E-state index in [0.717, 1.165) is 12.3 Å². The van der Waals surface area contributed by atoms with Crippen molar-refractivity contribution in [1.29, 1.82) is 0 Å². The molecule has 0 aliphatic heterocycles. The van der Waals surface area contributed by atoms with Crippen LogP contribution in [0.4, 0.5) is 0 Å². The normalized spacial score (nSPS) is 12.5. The summed E-state index contributed by atoms with van der Waals surface area (Å²) in [6.45, 7) is 12.7. The molecule has 0 saturated carbocycles. The Morgan fingerprint density at radius 1 is 1.11 bits per heavy atom. The number of rotatable bonds is 6. The lowest BCUT2D eigenvalue weighted by molar-refractivity contribution is 0.163. The van der Waals surface area contributed by atoms with Gasteiger partial charge in [-0.25, -0.2) is 0 Å². The highest BCUT2D eigenvalue weighted by Crippen LogP contribution is 2.28. The summed E-state index contributed by atoms with van der Waals surface area (Å²) >= 11 is 1.72. The Bertz CT molecular complexity index is 396. The first-order valence-electron chi connectivity index (χ1n) is 6.74. The Labute approximate surface area is 122 Å². The molecule has 0 aromatic heterocycles. The summed E-state index contributed by atoms with van der Waals surface area (Å²) < 4.78 is 6.00. The lowest BCUT2D eigenvalue weighted by Crippen LogP contribution is -2.43. The molecule has 108 valence electrons. The van der Waals surface area contributed by atoms with Crippen molar-refractivity contribution in [2.45, 2.75) is 45.1 Å². The first-order valence-corrected chi connectivity index (χ1v) is 7.97. The average Bonchev–Trinajstić information content (AvgIpc) is 2.34. The third-order valence-electron chi connectivity index (χ3n) is 2.78. The van der Waals surface area contributed by atoms with Gasteiger partial charge >= 0.3 is 0 Å². The predicted molar refractivity (Wildman–Crippen MR) is 85.3 cm³/mol. The number of para-hydroxylation sites is 1. The lowest BCUT2D eigenvalue weighted by Gasteiger charge is -2.30. The third kappa shape index (κ3) is 6.35. The lowest BCUT2D eigenvalue weighted by atomic mass is 9.93. The van der Waals surface area contributed by atoms with Gasteiger partial charge in [0.2, 0.25) is 0 Å². The van der Waals surface area contributed by atoms with Gasteiger partial charge in [0.15, 0.2) is 0 Å². The molecule has 0 atom stereocenters. The summed E-state index contributed by atoms with van der Waals surface area (Å²) in [7, 11) is 0. The van der Waals surface area contributed by atoms with Crippen molar-refractivity contribution in [2.75, 3.05) is 19.4 Å². The van der Waals surface area contributed by atoms with Crippen LogP contribution < -0.4 is 10.1 Å². The van der Waals surface area contributed by atoms with Gasteiger partial charge in [-0.05, 0) is 39.2 Å². The standard InChI is InChI=1S/C16H27NOS/c1-15(2,3)17-11-16(4,5)12-18-13-9-7-8-10-14(13)19-6/h7-10,17H,11-12H2,1-6H3. The Kier molecular flexibility index (Phi) is 5.75. The Morgan fingerprint density at radius 2 is 1.74 bits per heavy atom. The quantitative estimate of drug-likeness (QED) is 0.790. The zero-order valence-corrected chi connectivity index (χ0v) is 13.9. The number of hydrogen-bond donors (Lipinski definition) is 1. The second-order valence-corrected chi connectivity index (χ2v) is 7.56. The van der Waals surface area contributed by atoms with Gasteiger partial charge in [0, 0.05) is 22.4 Å². The minimum atomic E-state index is 0.110. The van der Waals surface area contributed by atoms with Crippen molar-refractivity contribution in [1.82, 2.24) is 5.32 Å². The summed E-state index contributed by atoms with van der Waals surface area (Å²) in [5, 5.41) is 3.54. The summed E-state index contributed by atoms with van der Waals surface area (Å²) in [6, 6.07) is 8.21. The van der Waals surface area contributed by atoms with Crippen LogP contribution >= 0.6 is 11.8 Å². The number of thioether (sulfide) groups is 1. The van der Waals surface area contributed by atoms with Crippen LogP contribution in [0, 0.1) is 5.41 Å². The van der Waals surface area contributed by atoms with Crippen molar-refractivity contribution in [3.05, 3.63) is 24.3 Å². The van der Waals surface area contributed by atoms with Gasteiger partial charge < -0.3 is 10.1 Å². The highest BCUT2D eigenvalue weighted by molar-refractivity contribution is 7.98. The molecule has 0 spiro atoms.